The molecule has 0 heterocycles. The lowest BCUT2D eigenvalue weighted by molar-refractivity contribution is -0.135. The Labute approximate surface area is 126 Å². The van der Waals surface area contributed by atoms with E-state index in [9.17, 15) is 4.79 Å². The number of ketones is 1. The number of Topliss-reactive ketones (excluding diaryl/α,β-unsaturated/α-hetero) is 1. The van der Waals surface area contributed by atoms with E-state index in [-0.39, 0.29) is 17.6 Å². The molecular weight excluding hydrogens is 283 g/mol. The third kappa shape index (κ3) is 2.96. The van der Waals surface area contributed by atoms with E-state index in [0.717, 1.165) is 32.1 Å². The van der Waals surface area contributed by atoms with Gasteiger partial charge in [-0.25, -0.2) is 0 Å². The van der Waals surface area contributed by atoms with Gasteiger partial charge >= 0.3 is 0 Å². The quantitative estimate of drug-likeness (QED) is 0.515. The van der Waals surface area contributed by atoms with Gasteiger partial charge in [-0.1, -0.05) is 49.4 Å². The number of hydrogen-bond donors (Lipinski definition) is 0. The Balaban J connectivity index is 1.72. The van der Waals surface area contributed by atoms with Gasteiger partial charge in [0.05, 0.1) is 6.10 Å². The van der Waals surface area contributed by atoms with E-state index in [1.54, 1.807) is 7.11 Å². The fourth-order valence-electron chi connectivity index (χ4n) is 3.83. The average molecular weight is 307 g/mol. The Hall–Kier alpha value is 0.210. The summed E-state index contributed by atoms with van der Waals surface area (Å²) in [5.41, 5.74) is 0. The maximum atomic E-state index is 11.7. The topological polar surface area (TPSA) is 26.3 Å². The van der Waals surface area contributed by atoms with Crippen LogP contribution in [0.1, 0.15) is 51.9 Å². The van der Waals surface area contributed by atoms with Gasteiger partial charge in [-0.2, -0.15) is 0 Å². The van der Waals surface area contributed by atoms with Gasteiger partial charge in [0.15, 0.2) is 10.1 Å². The van der Waals surface area contributed by atoms with E-state index < -0.39 is 4.33 Å². The summed E-state index contributed by atoms with van der Waals surface area (Å²) in [7, 11) is 1.78. The first kappa shape index (κ1) is 15.6. The van der Waals surface area contributed by atoms with Crippen LogP contribution in [0.4, 0.5) is 0 Å². The molecule has 0 saturated heterocycles. The number of rotatable bonds is 7. The standard InChI is InChI=1S/C15H24Cl2O2/c1-3-11(19-2)7-5-4-6-10-8-9-12-13(10)15(16,17)14(12)18/h10-13H,3-9H2,1-2H3. The molecule has 110 valence electrons. The molecule has 0 bridgehead atoms. The highest BCUT2D eigenvalue weighted by atomic mass is 35.5. The van der Waals surface area contributed by atoms with Crippen molar-refractivity contribution < 1.29 is 9.53 Å². The van der Waals surface area contributed by atoms with Gasteiger partial charge in [0.2, 0.25) is 0 Å². The van der Waals surface area contributed by atoms with Gasteiger partial charge in [0.1, 0.15) is 0 Å². The van der Waals surface area contributed by atoms with Crippen LogP contribution in [-0.2, 0) is 9.53 Å². The Morgan fingerprint density at radius 1 is 1.37 bits per heavy atom. The second-order valence-corrected chi connectivity index (χ2v) is 7.39. The predicted molar refractivity (Wildman–Crippen MR) is 78.7 cm³/mol. The summed E-state index contributed by atoms with van der Waals surface area (Å²) in [5.74, 6) is 0.976. The molecule has 0 spiro atoms. The molecule has 0 N–H and O–H groups in total. The third-order valence-electron chi connectivity index (χ3n) is 5.01. The lowest BCUT2D eigenvalue weighted by Crippen LogP contribution is -2.55. The monoisotopic (exact) mass is 306 g/mol. The molecule has 2 saturated carbocycles. The van der Waals surface area contributed by atoms with Crippen molar-refractivity contribution in [3.8, 4) is 0 Å². The highest BCUT2D eigenvalue weighted by Crippen LogP contribution is 2.60. The van der Waals surface area contributed by atoms with Crippen LogP contribution in [0.2, 0.25) is 0 Å². The number of alkyl halides is 2. The molecule has 19 heavy (non-hydrogen) atoms. The van der Waals surface area contributed by atoms with Gasteiger partial charge in [-0.05, 0) is 31.6 Å². The normalized spacial score (nSPS) is 33.9. The zero-order chi connectivity index (χ0) is 14.0. The number of carbonyl (C=O) groups is 1. The van der Waals surface area contributed by atoms with Crippen molar-refractivity contribution in [1.82, 2.24) is 0 Å². The average Bonchev–Trinajstić information content (AvgIpc) is 2.80. The van der Waals surface area contributed by atoms with Gasteiger partial charge in [0.25, 0.3) is 0 Å². The van der Waals surface area contributed by atoms with Crippen molar-refractivity contribution in [3.63, 3.8) is 0 Å². The first-order valence-electron chi connectivity index (χ1n) is 7.47. The van der Waals surface area contributed by atoms with E-state index in [1.807, 2.05) is 0 Å². The van der Waals surface area contributed by atoms with Crippen LogP contribution in [0.3, 0.4) is 0 Å². The van der Waals surface area contributed by atoms with Gasteiger partial charge in [-0.15, -0.1) is 0 Å². The Bertz CT molecular complexity index is 326. The smallest absolute Gasteiger partial charge is 0.179 e. The molecule has 4 unspecified atom stereocenters. The summed E-state index contributed by atoms with van der Waals surface area (Å²) in [6, 6.07) is 0. The van der Waals surface area contributed by atoms with Crippen LogP contribution in [-0.4, -0.2) is 23.3 Å². The first-order chi connectivity index (χ1) is 9.02. The van der Waals surface area contributed by atoms with Crippen molar-refractivity contribution in [2.75, 3.05) is 7.11 Å². The Morgan fingerprint density at radius 3 is 2.74 bits per heavy atom. The molecule has 4 heteroatoms. The summed E-state index contributed by atoms with van der Waals surface area (Å²) in [5, 5.41) is 0. The van der Waals surface area contributed by atoms with Crippen LogP contribution in [0, 0.1) is 17.8 Å². The fourth-order valence-corrected chi connectivity index (χ4v) is 4.77. The summed E-state index contributed by atoms with van der Waals surface area (Å²) < 4.78 is 4.30. The molecule has 0 aromatic heterocycles. The maximum Gasteiger partial charge on any atom is 0.179 e. The minimum absolute atomic E-state index is 0.0637. The van der Waals surface area contributed by atoms with Crippen LogP contribution < -0.4 is 0 Å². The molecule has 0 aromatic rings. The zero-order valence-corrected chi connectivity index (χ0v) is 13.3. The number of methoxy groups -OCH3 is 1. The number of halogens is 2. The molecule has 0 radical (unpaired) electrons. The SMILES string of the molecule is CCC(CCCCC1CCC2C(=O)C(Cl)(Cl)C12)OC. The number of unbranched alkanes of at least 4 members (excludes halogenated alkanes) is 1. The number of carbonyl (C=O) groups excluding carboxylic acids is 1. The molecular formula is C15H24Cl2O2. The lowest BCUT2D eigenvalue weighted by atomic mass is 9.69. The lowest BCUT2D eigenvalue weighted by Gasteiger charge is -2.44. The Kier molecular flexibility index (Phi) is 5.19. The van der Waals surface area contributed by atoms with Crippen LogP contribution >= 0.6 is 23.2 Å². The van der Waals surface area contributed by atoms with Crippen molar-refractivity contribution in [2.24, 2.45) is 17.8 Å². The second-order valence-electron chi connectivity index (χ2n) is 6.01. The largest absolute Gasteiger partial charge is 0.381 e. The molecule has 2 fully saturated rings. The van der Waals surface area contributed by atoms with E-state index in [2.05, 4.69) is 6.92 Å². The summed E-state index contributed by atoms with van der Waals surface area (Å²) in [6.07, 6.45) is 8.22. The highest BCUT2D eigenvalue weighted by Gasteiger charge is 2.64. The van der Waals surface area contributed by atoms with Crippen molar-refractivity contribution in [2.45, 2.75) is 62.3 Å². The summed E-state index contributed by atoms with van der Waals surface area (Å²) >= 11 is 12.3. The summed E-state index contributed by atoms with van der Waals surface area (Å²) in [6.45, 7) is 2.16. The van der Waals surface area contributed by atoms with Crippen molar-refractivity contribution in [3.05, 3.63) is 0 Å². The van der Waals surface area contributed by atoms with Crippen molar-refractivity contribution in [1.29, 1.82) is 0 Å². The molecule has 2 aliphatic rings. The van der Waals surface area contributed by atoms with Gasteiger partial charge < -0.3 is 4.74 Å². The molecule has 0 aliphatic heterocycles. The first-order valence-corrected chi connectivity index (χ1v) is 8.22. The summed E-state index contributed by atoms with van der Waals surface area (Å²) in [4.78, 5) is 11.7. The second kappa shape index (κ2) is 6.32. The Morgan fingerprint density at radius 2 is 2.11 bits per heavy atom. The molecule has 0 amide bonds. The maximum absolute atomic E-state index is 11.7. The molecule has 4 atom stereocenters. The van der Waals surface area contributed by atoms with Crippen LogP contribution in [0.25, 0.3) is 0 Å². The fraction of sp³-hybridized carbons (Fsp3) is 0.933. The highest BCUT2D eigenvalue weighted by molar-refractivity contribution is 6.60. The molecule has 0 aromatic carbocycles. The number of hydrogen-bond acceptors (Lipinski definition) is 2. The minimum Gasteiger partial charge on any atom is -0.381 e. The molecule has 2 aliphatic carbocycles. The molecule has 2 rings (SSSR count). The van der Waals surface area contributed by atoms with E-state index in [1.165, 1.54) is 12.8 Å². The van der Waals surface area contributed by atoms with Gasteiger partial charge in [-0.3, -0.25) is 4.79 Å². The number of ether oxygens (including phenoxy) is 1. The predicted octanol–water partition coefficient (Wildman–Crippen LogP) is 4.37. The minimum atomic E-state index is -1.08. The van der Waals surface area contributed by atoms with Crippen molar-refractivity contribution >= 4 is 29.0 Å². The van der Waals surface area contributed by atoms with Crippen LogP contribution in [0.5, 0.6) is 0 Å². The number of fused-ring (bicyclic) bond motifs is 1. The van der Waals surface area contributed by atoms with E-state index in [0.29, 0.717) is 12.0 Å². The molecule has 2 nitrogen and oxygen atoms in total. The van der Waals surface area contributed by atoms with E-state index >= 15 is 0 Å². The zero-order valence-electron chi connectivity index (χ0n) is 11.8. The van der Waals surface area contributed by atoms with E-state index in [4.69, 9.17) is 27.9 Å². The van der Waals surface area contributed by atoms with Crippen LogP contribution in [0.15, 0.2) is 0 Å². The third-order valence-corrected chi connectivity index (χ3v) is 5.89. The van der Waals surface area contributed by atoms with Gasteiger partial charge in [0, 0.05) is 18.9 Å².